The van der Waals surface area contributed by atoms with Gasteiger partial charge in [0.25, 0.3) is 5.91 Å². The number of carbonyl (C=O) groups is 2. The Morgan fingerprint density at radius 1 is 1.41 bits per heavy atom. The summed E-state index contributed by atoms with van der Waals surface area (Å²) in [6, 6.07) is 2.19. The molecule has 1 aliphatic carbocycles. The number of nitriles is 1. The standard InChI is InChI=1S/C14H18N4O3S/c1-2-10-12(22-18-17-10)13(20)21-8-11(19)16-14(9-15)6-4-3-5-7-14/h2-8H2,1H3,(H,16,19). The van der Waals surface area contributed by atoms with E-state index in [1.807, 2.05) is 6.92 Å². The number of aromatic nitrogens is 2. The van der Waals surface area contributed by atoms with Crippen molar-refractivity contribution in [1.82, 2.24) is 14.9 Å². The molecule has 0 radical (unpaired) electrons. The third-order valence-electron chi connectivity index (χ3n) is 3.71. The van der Waals surface area contributed by atoms with Crippen LogP contribution in [0.3, 0.4) is 0 Å². The van der Waals surface area contributed by atoms with Gasteiger partial charge in [0.1, 0.15) is 5.54 Å². The van der Waals surface area contributed by atoms with Gasteiger partial charge in [-0.05, 0) is 30.8 Å². The van der Waals surface area contributed by atoms with Crippen LogP contribution in [0, 0.1) is 11.3 Å². The summed E-state index contributed by atoms with van der Waals surface area (Å²) in [6.07, 6.45) is 4.76. The largest absolute Gasteiger partial charge is 0.451 e. The molecule has 1 N–H and O–H groups in total. The first-order valence-corrected chi connectivity index (χ1v) is 8.08. The minimum absolute atomic E-state index is 0.322. The molecule has 7 nitrogen and oxygen atoms in total. The van der Waals surface area contributed by atoms with Crippen LogP contribution in [0.4, 0.5) is 0 Å². The Labute approximate surface area is 132 Å². The third-order valence-corrected chi connectivity index (χ3v) is 4.46. The Morgan fingerprint density at radius 3 is 2.77 bits per heavy atom. The molecular weight excluding hydrogens is 304 g/mol. The Morgan fingerprint density at radius 2 is 2.14 bits per heavy atom. The smallest absolute Gasteiger partial charge is 0.352 e. The lowest BCUT2D eigenvalue weighted by Gasteiger charge is -2.31. The Bertz CT molecular complexity index is 587. The number of nitrogens with zero attached hydrogens (tertiary/aromatic N) is 3. The predicted octanol–water partition coefficient (Wildman–Crippen LogP) is 1.60. The molecule has 1 aliphatic rings. The van der Waals surface area contributed by atoms with Crippen molar-refractivity contribution in [2.45, 2.75) is 51.0 Å². The lowest BCUT2D eigenvalue weighted by molar-refractivity contribution is -0.125. The molecule has 1 fully saturated rings. The normalized spacial score (nSPS) is 16.5. The van der Waals surface area contributed by atoms with Crippen LogP contribution < -0.4 is 5.32 Å². The van der Waals surface area contributed by atoms with E-state index in [-0.39, 0.29) is 0 Å². The van der Waals surface area contributed by atoms with E-state index in [1.165, 1.54) is 0 Å². The summed E-state index contributed by atoms with van der Waals surface area (Å²) in [6.45, 7) is 1.46. The van der Waals surface area contributed by atoms with Crippen molar-refractivity contribution in [2.75, 3.05) is 6.61 Å². The summed E-state index contributed by atoms with van der Waals surface area (Å²) in [4.78, 5) is 24.2. The van der Waals surface area contributed by atoms with E-state index in [0.717, 1.165) is 30.8 Å². The second kappa shape index (κ2) is 7.31. The molecule has 8 heteroatoms. The van der Waals surface area contributed by atoms with Crippen LogP contribution in [0.15, 0.2) is 0 Å². The molecule has 2 rings (SSSR count). The van der Waals surface area contributed by atoms with E-state index in [0.29, 0.717) is 29.8 Å². The maximum Gasteiger partial charge on any atom is 0.352 e. The van der Waals surface area contributed by atoms with Gasteiger partial charge in [-0.1, -0.05) is 30.7 Å². The molecular formula is C14H18N4O3S. The minimum Gasteiger partial charge on any atom is -0.451 e. The number of hydrogen-bond donors (Lipinski definition) is 1. The average molecular weight is 322 g/mol. The Hall–Kier alpha value is -2.01. The van der Waals surface area contributed by atoms with Crippen molar-refractivity contribution < 1.29 is 14.3 Å². The first-order valence-electron chi connectivity index (χ1n) is 7.31. The summed E-state index contributed by atoms with van der Waals surface area (Å²) in [5.74, 6) is -1.05. The maximum absolute atomic E-state index is 11.9. The fourth-order valence-electron chi connectivity index (χ4n) is 2.51. The highest BCUT2D eigenvalue weighted by atomic mass is 32.1. The first kappa shape index (κ1) is 16.4. The van der Waals surface area contributed by atoms with Crippen molar-refractivity contribution in [3.8, 4) is 6.07 Å². The van der Waals surface area contributed by atoms with Crippen LogP contribution in [0.25, 0.3) is 0 Å². The van der Waals surface area contributed by atoms with Crippen LogP contribution in [0.5, 0.6) is 0 Å². The lowest BCUT2D eigenvalue weighted by Crippen LogP contribution is -2.50. The van der Waals surface area contributed by atoms with E-state index in [2.05, 4.69) is 21.0 Å². The Balaban J connectivity index is 1.87. The zero-order chi connectivity index (χ0) is 16.0. The van der Waals surface area contributed by atoms with Gasteiger partial charge in [0.15, 0.2) is 11.5 Å². The van der Waals surface area contributed by atoms with Crippen LogP contribution in [0.1, 0.15) is 54.4 Å². The number of esters is 1. The van der Waals surface area contributed by atoms with Crippen LogP contribution >= 0.6 is 11.5 Å². The monoisotopic (exact) mass is 322 g/mol. The fourth-order valence-corrected chi connectivity index (χ4v) is 3.16. The number of amides is 1. The SMILES string of the molecule is CCc1nnsc1C(=O)OCC(=O)NC1(C#N)CCCCC1. The third kappa shape index (κ3) is 3.80. The molecule has 1 amide bonds. The number of nitrogens with one attached hydrogen (secondary N) is 1. The van der Waals surface area contributed by atoms with E-state index < -0.39 is 24.0 Å². The van der Waals surface area contributed by atoms with Crippen LogP contribution in [-0.2, 0) is 16.0 Å². The zero-order valence-electron chi connectivity index (χ0n) is 12.4. The van der Waals surface area contributed by atoms with Crippen molar-refractivity contribution in [1.29, 1.82) is 5.26 Å². The molecule has 0 bridgehead atoms. The van der Waals surface area contributed by atoms with Crippen molar-refractivity contribution in [3.05, 3.63) is 10.6 Å². The highest BCUT2D eigenvalue weighted by molar-refractivity contribution is 7.07. The van der Waals surface area contributed by atoms with Gasteiger partial charge in [0, 0.05) is 0 Å². The molecule has 118 valence electrons. The quantitative estimate of drug-likeness (QED) is 0.826. The summed E-state index contributed by atoms with van der Waals surface area (Å²) < 4.78 is 8.70. The van der Waals surface area contributed by atoms with Gasteiger partial charge in [-0.2, -0.15) is 5.26 Å². The van der Waals surface area contributed by atoms with Gasteiger partial charge in [-0.15, -0.1) is 5.10 Å². The molecule has 0 saturated heterocycles. The number of ether oxygens (including phenoxy) is 1. The van der Waals surface area contributed by atoms with Gasteiger partial charge in [0.2, 0.25) is 0 Å². The average Bonchev–Trinajstić information content (AvgIpc) is 3.02. The van der Waals surface area contributed by atoms with Crippen LogP contribution in [0.2, 0.25) is 0 Å². The van der Waals surface area contributed by atoms with Crippen molar-refractivity contribution in [2.24, 2.45) is 0 Å². The van der Waals surface area contributed by atoms with E-state index in [9.17, 15) is 14.9 Å². The maximum atomic E-state index is 11.9. The summed E-state index contributed by atoms with van der Waals surface area (Å²) in [5, 5.41) is 15.8. The van der Waals surface area contributed by atoms with Gasteiger partial charge >= 0.3 is 5.97 Å². The zero-order valence-corrected chi connectivity index (χ0v) is 13.2. The predicted molar refractivity (Wildman–Crippen MR) is 79.1 cm³/mol. The highest BCUT2D eigenvalue weighted by Gasteiger charge is 2.33. The highest BCUT2D eigenvalue weighted by Crippen LogP contribution is 2.27. The van der Waals surface area contributed by atoms with E-state index in [1.54, 1.807) is 0 Å². The van der Waals surface area contributed by atoms with Crippen molar-refractivity contribution >= 4 is 23.4 Å². The first-order chi connectivity index (χ1) is 10.6. The molecule has 1 heterocycles. The summed E-state index contributed by atoms with van der Waals surface area (Å²) in [7, 11) is 0. The molecule has 1 aromatic rings. The molecule has 1 saturated carbocycles. The molecule has 0 atom stereocenters. The van der Waals surface area contributed by atoms with Crippen molar-refractivity contribution in [3.63, 3.8) is 0 Å². The topological polar surface area (TPSA) is 105 Å². The van der Waals surface area contributed by atoms with E-state index >= 15 is 0 Å². The van der Waals surface area contributed by atoms with Crippen LogP contribution in [-0.4, -0.2) is 33.6 Å². The lowest BCUT2D eigenvalue weighted by atomic mass is 9.83. The number of hydrogen-bond acceptors (Lipinski definition) is 7. The number of aryl methyl sites for hydroxylation is 1. The second-order valence-electron chi connectivity index (χ2n) is 5.28. The fraction of sp³-hybridized carbons (Fsp3) is 0.643. The second-order valence-corrected chi connectivity index (χ2v) is 6.04. The number of carbonyl (C=O) groups excluding carboxylic acids is 2. The van der Waals surface area contributed by atoms with Gasteiger partial charge in [-0.3, -0.25) is 4.79 Å². The molecule has 22 heavy (non-hydrogen) atoms. The number of rotatable bonds is 5. The van der Waals surface area contributed by atoms with Gasteiger partial charge in [0.05, 0.1) is 11.8 Å². The van der Waals surface area contributed by atoms with E-state index in [4.69, 9.17) is 4.74 Å². The Kier molecular flexibility index (Phi) is 5.44. The van der Waals surface area contributed by atoms with Gasteiger partial charge < -0.3 is 10.1 Å². The summed E-state index contributed by atoms with van der Waals surface area (Å²) in [5.41, 5.74) is -0.251. The minimum atomic E-state index is -0.817. The molecule has 1 aromatic heterocycles. The molecule has 0 unspecified atom stereocenters. The summed E-state index contributed by atoms with van der Waals surface area (Å²) >= 11 is 0.954. The molecule has 0 aromatic carbocycles. The molecule has 0 aliphatic heterocycles. The molecule has 0 spiro atoms. The van der Waals surface area contributed by atoms with Gasteiger partial charge in [-0.25, -0.2) is 4.79 Å².